The van der Waals surface area contributed by atoms with Gasteiger partial charge in [0.05, 0.1) is 0 Å². The predicted octanol–water partition coefficient (Wildman–Crippen LogP) is 3.64. The maximum Gasteiger partial charge on any atom is 0.254 e. The summed E-state index contributed by atoms with van der Waals surface area (Å²) >= 11 is 0. The summed E-state index contributed by atoms with van der Waals surface area (Å²) in [7, 11) is 0. The van der Waals surface area contributed by atoms with Crippen LogP contribution in [0.5, 0.6) is 0 Å². The number of rotatable bonds is 3. The first kappa shape index (κ1) is 17.2. The molecule has 138 valence electrons. The van der Waals surface area contributed by atoms with E-state index < -0.39 is 0 Å². The smallest absolute Gasteiger partial charge is 0.254 e. The van der Waals surface area contributed by atoms with E-state index in [0.29, 0.717) is 11.8 Å². The molecule has 0 unspecified atom stereocenters. The molecule has 3 heterocycles. The normalized spacial score (nSPS) is 21.7. The van der Waals surface area contributed by atoms with Crippen LogP contribution in [0.25, 0.3) is 0 Å². The van der Waals surface area contributed by atoms with E-state index in [0.717, 1.165) is 63.0 Å². The largest absolute Gasteiger partial charge is 0.423 e. The SMILES string of the molecule is Cc1cccc(C(=O)N2CCCC[C@H]2c2nnc(C3CCOCC3)o2)c1. The van der Waals surface area contributed by atoms with Crippen molar-refractivity contribution >= 4 is 5.91 Å². The van der Waals surface area contributed by atoms with Gasteiger partial charge in [0.15, 0.2) is 0 Å². The summed E-state index contributed by atoms with van der Waals surface area (Å²) in [6.07, 6.45) is 4.77. The second kappa shape index (κ2) is 7.58. The maximum absolute atomic E-state index is 13.1. The Morgan fingerprint density at radius 3 is 2.73 bits per heavy atom. The Kier molecular flexibility index (Phi) is 5.02. The van der Waals surface area contributed by atoms with Gasteiger partial charge in [-0.3, -0.25) is 4.79 Å². The molecule has 0 N–H and O–H groups in total. The van der Waals surface area contributed by atoms with Crippen molar-refractivity contribution in [1.82, 2.24) is 15.1 Å². The maximum atomic E-state index is 13.1. The molecule has 4 rings (SSSR count). The molecular weight excluding hydrogens is 330 g/mol. The van der Waals surface area contributed by atoms with Gasteiger partial charge in [0.1, 0.15) is 6.04 Å². The molecule has 26 heavy (non-hydrogen) atoms. The molecule has 2 aromatic rings. The van der Waals surface area contributed by atoms with Gasteiger partial charge >= 0.3 is 0 Å². The number of piperidine rings is 1. The van der Waals surface area contributed by atoms with Crippen molar-refractivity contribution in [2.24, 2.45) is 0 Å². The Hall–Kier alpha value is -2.21. The molecule has 0 bridgehead atoms. The molecule has 1 aromatic heterocycles. The van der Waals surface area contributed by atoms with Gasteiger partial charge in [-0.15, -0.1) is 10.2 Å². The summed E-state index contributed by atoms with van der Waals surface area (Å²) in [5, 5.41) is 8.59. The van der Waals surface area contributed by atoms with Crippen molar-refractivity contribution in [3.63, 3.8) is 0 Å². The zero-order chi connectivity index (χ0) is 17.9. The first-order chi connectivity index (χ1) is 12.7. The summed E-state index contributed by atoms with van der Waals surface area (Å²) in [5.74, 6) is 1.59. The Morgan fingerprint density at radius 2 is 1.92 bits per heavy atom. The van der Waals surface area contributed by atoms with Crippen LogP contribution >= 0.6 is 0 Å². The average molecular weight is 355 g/mol. The molecular formula is C20H25N3O3. The Morgan fingerprint density at radius 1 is 1.12 bits per heavy atom. The van der Waals surface area contributed by atoms with Crippen LogP contribution in [0.3, 0.4) is 0 Å². The number of aromatic nitrogens is 2. The number of nitrogens with zero attached hydrogens (tertiary/aromatic N) is 3. The first-order valence-electron chi connectivity index (χ1n) is 9.51. The number of carbonyl (C=O) groups is 1. The lowest BCUT2D eigenvalue weighted by Gasteiger charge is -2.33. The van der Waals surface area contributed by atoms with Crippen LogP contribution < -0.4 is 0 Å². The minimum atomic E-state index is -0.127. The summed E-state index contributed by atoms with van der Waals surface area (Å²) in [4.78, 5) is 15.0. The molecule has 2 fully saturated rings. The quantitative estimate of drug-likeness (QED) is 0.841. The number of carbonyl (C=O) groups excluding carboxylic acids is 1. The zero-order valence-corrected chi connectivity index (χ0v) is 15.2. The summed E-state index contributed by atoms with van der Waals surface area (Å²) < 4.78 is 11.4. The topological polar surface area (TPSA) is 68.5 Å². The fourth-order valence-corrected chi connectivity index (χ4v) is 3.87. The molecule has 1 atom stereocenters. The number of benzene rings is 1. The number of hydrogen-bond donors (Lipinski definition) is 0. The van der Waals surface area contributed by atoms with E-state index in [2.05, 4.69) is 10.2 Å². The van der Waals surface area contributed by atoms with Crippen LogP contribution in [-0.2, 0) is 4.74 Å². The highest BCUT2D eigenvalue weighted by Crippen LogP contribution is 2.33. The van der Waals surface area contributed by atoms with E-state index in [1.165, 1.54) is 0 Å². The van der Waals surface area contributed by atoms with Crippen molar-refractivity contribution in [3.05, 3.63) is 47.2 Å². The van der Waals surface area contributed by atoms with Crippen LogP contribution in [0.15, 0.2) is 28.7 Å². The van der Waals surface area contributed by atoms with Gasteiger partial charge in [0, 0.05) is 31.2 Å². The molecule has 2 saturated heterocycles. The molecule has 2 aliphatic rings. The second-order valence-electron chi connectivity index (χ2n) is 7.24. The number of hydrogen-bond acceptors (Lipinski definition) is 5. The molecule has 0 spiro atoms. The van der Waals surface area contributed by atoms with Gasteiger partial charge in [-0.2, -0.15) is 0 Å². The summed E-state index contributed by atoms with van der Waals surface area (Å²) in [6, 6.07) is 7.62. The highest BCUT2D eigenvalue weighted by atomic mass is 16.5. The van der Waals surface area contributed by atoms with E-state index >= 15 is 0 Å². The van der Waals surface area contributed by atoms with Crippen molar-refractivity contribution in [1.29, 1.82) is 0 Å². The fourth-order valence-electron chi connectivity index (χ4n) is 3.87. The number of amides is 1. The van der Waals surface area contributed by atoms with E-state index in [1.54, 1.807) is 0 Å². The van der Waals surface area contributed by atoms with Crippen LogP contribution in [0.2, 0.25) is 0 Å². The number of likely N-dealkylation sites (tertiary alicyclic amines) is 1. The lowest BCUT2D eigenvalue weighted by atomic mass is 10.00. The summed E-state index contributed by atoms with van der Waals surface area (Å²) in [6.45, 7) is 4.21. The van der Waals surface area contributed by atoms with Gasteiger partial charge in [0.25, 0.3) is 5.91 Å². The Bertz CT molecular complexity index is 767. The van der Waals surface area contributed by atoms with Crippen molar-refractivity contribution in [2.75, 3.05) is 19.8 Å². The minimum absolute atomic E-state index is 0.0456. The lowest BCUT2D eigenvalue weighted by molar-refractivity contribution is 0.0561. The van der Waals surface area contributed by atoms with Crippen LogP contribution in [0.4, 0.5) is 0 Å². The van der Waals surface area contributed by atoms with E-state index in [9.17, 15) is 4.79 Å². The minimum Gasteiger partial charge on any atom is -0.423 e. The van der Waals surface area contributed by atoms with Crippen molar-refractivity contribution in [2.45, 2.75) is 51.0 Å². The molecule has 6 nitrogen and oxygen atoms in total. The van der Waals surface area contributed by atoms with Gasteiger partial charge in [-0.05, 0) is 51.2 Å². The number of aryl methyl sites for hydroxylation is 1. The molecule has 0 radical (unpaired) electrons. The third-order valence-corrected chi connectivity index (χ3v) is 5.34. The molecule has 0 saturated carbocycles. The standard InChI is InChI=1S/C20H25N3O3/c1-14-5-4-6-16(13-14)20(24)23-10-3-2-7-17(23)19-22-21-18(26-19)15-8-11-25-12-9-15/h4-6,13,15,17H,2-3,7-12H2,1H3/t17-/m0/s1. The Labute approximate surface area is 153 Å². The molecule has 2 aliphatic heterocycles. The molecule has 1 aromatic carbocycles. The van der Waals surface area contributed by atoms with Crippen LogP contribution in [0, 0.1) is 6.92 Å². The van der Waals surface area contributed by atoms with Gasteiger partial charge in [0.2, 0.25) is 11.8 Å². The molecule has 0 aliphatic carbocycles. The second-order valence-corrected chi connectivity index (χ2v) is 7.24. The first-order valence-corrected chi connectivity index (χ1v) is 9.51. The average Bonchev–Trinajstić information content (AvgIpc) is 3.18. The van der Waals surface area contributed by atoms with Crippen LogP contribution in [-0.4, -0.2) is 40.8 Å². The van der Waals surface area contributed by atoms with E-state index in [-0.39, 0.29) is 17.9 Å². The van der Waals surface area contributed by atoms with Crippen molar-refractivity contribution < 1.29 is 13.9 Å². The van der Waals surface area contributed by atoms with Crippen molar-refractivity contribution in [3.8, 4) is 0 Å². The third kappa shape index (κ3) is 3.51. The number of ether oxygens (including phenoxy) is 1. The summed E-state index contributed by atoms with van der Waals surface area (Å²) in [5.41, 5.74) is 1.81. The van der Waals surface area contributed by atoms with Gasteiger partial charge < -0.3 is 14.1 Å². The zero-order valence-electron chi connectivity index (χ0n) is 15.2. The lowest BCUT2D eigenvalue weighted by Crippen LogP contribution is -2.38. The van der Waals surface area contributed by atoms with Gasteiger partial charge in [-0.1, -0.05) is 17.7 Å². The highest BCUT2D eigenvalue weighted by molar-refractivity contribution is 5.94. The third-order valence-electron chi connectivity index (χ3n) is 5.34. The Balaban J connectivity index is 1.56. The fraction of sp³-hybridized carbons (Fsp3) is 0.550. The van der Waals surface area contributed by atoms with E-state index in [4.69, 9.17) is 9.15 Å². The molecule has 6 heteroatoms. The van der Waals surface area contributed by atoms with E-state index in [1.807, 2.05) is 36.1 Å². The van der Waals surface area contributed by atoms with Crippen LogP contribution in [0.1, 0.15) is 71.8 Å². The molecule has 1 amide bonds. The monoisotopic (exact) mass is 355 g/mol. The predicted molar refractivity (Wildman–Crippen MR) is 95.9 cm³/mol. The highest BCUT2D eigenvalue weighted by Gasteiger charge is 2.33. The van der Waals surface area contributed by atoms with Gasteiger partial charge in [-0.25, -0.2) is 0 Å².